The van der Waals surface area contributed by atoms with Gasteiger partial charge in [0, 0.05) is 5.56 Å². The zero-order valence-electron chi connectivity index (χ0n) is 7.37. The summed E-state index contributed by atoms with van der Waals surface area (Å²) in [6.07, 6.45) is 0. The molecule has 74 valence electrons. The molecule has 1 rings (SSSR count). The van der Waals surface area contributed by atoms with Crippen molar-refractivity contribution in [3.8, 4) is 12.1 Å². The Kier molecular flexibility index (Phi) is 3.68. The molecule has 0 N–H and O–H groups in total. The van der Waals surface area contributed by atoms with Crippen LogP contribution in [0.15, 0.2) is 18.2 Å². The maximum absolute atomic E-state index is 11.5. The predicted molar refractivity (Wildman–Crippen MR) is 55.5 cm³/mol. The van der Waals surface area contributed by atoms with Crippen molar-refractivity contribution >= 4 is 29.0 Å². The van der Waals surface area contributed by atoms with Gasteiger partial charge in [0.1, 0.15) is 0 Å². The van der Waals surface area contributed by atoms with Crippen LogP contribution in [0.1, 0.15) is 10.4 Å². The number of rotatable bonds is 2. The van der Waals surface area contributed by atoms with Gasteiger partial charge in [-0.25, -0.2) is 0 Å². The molecule has 0 spiro atoms. The number of carbonyl (C=O) groups is 1. The summed E-state index contributed by atoms with van der Waals surface area (Å²) in [7, 11) is 0. The Morgan fingerprint density at radius 1 is 1.20 bits per heavy atom. The van der Waals surface area contributed by atoms with Crippen LogP contribution in [0, 0.1) is 28.6 Å². The van der Waals surface area contributed by atoms with Gasteiger partial charge in [0.15, 0.2) is 11.7 Å². The van der Waals surface area contributed by atoms with Gasteiger partial charge in [0.25, 0.3) is 0 Å². The number of hydrogen-bond donors (Lipinski definition) is 0. The van der Waals surface area contributed by atoms with Crippen LogP contribution in [0.2, 0.25) is 10.0 Å². The van der Waals surface area contributed by atoms with E-state index in [0.717, 1.165) is 0 Å². The van der Waals surface area contributed by atoms with E-state index in [1.54, 1.807) is 12.1 Å². The molecule has 1 aromatic rings. The lowest BCUT2D eigenvalue weighted by molar-refractivity contribution is 0.0971. The summed E-state index contributed by atoms with van der Waals surface area (Å²) < 4.78 is 0. The van der Waals surface area contributed by atoms with E-state index >= 15 is 0 Å². The average Bonchev–Trinajstić information content (AvgIpc) is 2.23. The number of benzene rings is 1. The maximum atomic E-state index is 11.5. The second kappa shape index (κ2) is 4.79. The Morgan fingerprint density at radius 2 is 1.80 bits per heavy atom. The molecule has 0 radical (unpaired) electrons. The van der Waals surface area contributed by atoms with Crippen LogP contribution in [-0.4, -0.2) is 5.78 Å². The van der Waals surface area contributed by atoms with Crippen molar-refractivity contribution in [2.75, 3.05) is 0 Å². The first-order valence-electron chi connectivity index (χ1n) is 3.88. The first-order chi connectivity index (χ1) is 7.10. The highest BCUT2D eigenvalue weighted by Crippen LogP contribution is 2.23. The number of nitriles is 2. The van der Waals surface area contributed by atoms with Crippen molar-refractivity contribution in [3.63, 3.8) is 0 Å². The summed E-state index contributed by atoms with van der Waals surface area (Å²) in [6, 6.07) is 7.41. The van der Waals surface area contributed by atoms with E-state index in [9.17, 15) is 4.79 Å². The Labute approximate surface area is 96.4 Å². The van der Waals surface area contributed by atoms with Gasteiger partial charge in [-0.3, -0.25) is 4.79 Å². The normalized spacial score (nSPS) is 9.40. The van der Waals surface area contributed by atoms with Crippen molar-refractivity contribution in [3.05, 3.63) is 33.8 Å². The molecule has 0 atom stereocenters. The third-order valence-corrected chi connectivity index (χ3v) is 2.46. The predicted octanol–water partition coefficient (Wildman–Crippen LogP) is 2.84. The maximum Gasteiger partial charge on any atom is 0.195 e. The van der Waals surface area contributed by atoms with E-state index in [0.29, 0.717) is 5.02 Å². The minimum absolute atomic E-state index is 0.206. The molecule has 0 saturated heterocycles. The van der Waals surface area contributed by atoms with E-state index in [1.807, 2.05) is 0 Å². The summed E-state index contributed by atoms with van der Waals surface area (Å²) in [5, 5.41) is 17.6. The van der Waals surface area contributed by atoms with E-state index in [1.165, 1.54) is 18.2 Å². The fourth-order valence-electron chi connectivity index (χ4n) is 0.962. The Bertz CT molecular complexity index is 471. The zero-order valence-corrected chi connectivity index (χ0v) is 8.88. The molecule has 0 bridgehead atoms. The third kappa shape index (κ3) is 2.47. The quantitative estimate of drug-likeness (QED) is 0.745. The smallest absolute Gasteiger partial charge is 0.195 e. The van der Waals surface area contributed by atoms with E-state index in [2.05, 4.69) is 0 Å². The van der Waals surface area contributed by atoms with Crippen LogP contribution in [0.5, 0.6) is 0 Å². The van der Waals surface area contributed by atoms with Crippen molar-refractivity contribution < 1.29 is 4.79 Å². The highest BCUT2D eigenvalue weighted by molar-refractivity contribution is 6.42. The molecule has 1 aromatic carbocycles. The molecule has 0 saturated carbocycles. The molecule has 0 aliphatic rings. The van der Waals surface area contributed by atoms with Gasteiger partial charge in [-0.2, -0.15) is 10.5 Å². The summed E-state index contributed by atoms with van der Waals surface area (Å²) in [5.41, 5.74) is 0.206. The number of Topliss-reactive ketones (excluding diaryl/α,β-unsaturated/α-hetero) is 1. The fourth-order valence-corrected chi connectivity index (χ4v) is 1.26. The van der Waals surface area contributed by atoms with Gasteiger partial charge in [0.05, 0.1) is 22.2 Å². The largest absolute Gasteiger partial charge is 0.291 e. The van der Waals surface area contributed by atoms with Crippen LogP contribution in [0.25, 0.3) is 0 Å². The lowest BCUT2D eigenvalue weighted by Gasteiger charge is -2.01. The van der Waals surface area contributed by atoms with E-state index in [-0.39, 0.29) is 10.6 Å². The SMILES string of the molecule is N#CC(C#N)C(=O)c1ccc(Cl)c(Cl)c1. The molecular formula is C10H4Cl2N2O. The van der Waals surface area contributed by atoms with Crippen molar-refractivity contribution in [1.82, 2.24) is 0 Å². The zero-order chi connectivity index (χ0) is 11.4. The fraction of sp³-hybridized carbons (Fsp3) is 0.100. The summed E-state index contributed by atoms with van der Waals surface area (Å²) >= 11 is 11.4. The molecule has 0 heterocycles. The number of carbonyl (C=O) groups excluding carboxylic acids is 1. The van der Waals surface area contributed by atoms with Crippen molar-refractivity contribution in [2.45, 2.75) is 0 Å². The van der Waals surface area contributed by atoms with Crippen LogP contribution < -0.4 is 0 Å². The Hall–Kier alpha value is -1.55. The Balaban J connectivity index is 3.09. The molecular weight excluding hydrogens is 235 g/mol. The molecule has 5 heteroatoms. The molecule has 0 amide bonds. The first-order valence-corrected chi connectivity index (χ1v) is 4.64. The van der Waals surface area contributed by atoms with Crippen LogP contribution in [0.3, 0.4) is 0 Å². The number of ketones is 1. The first kappa shape index (κ1) is 11.5. The van der Waals surface area contributed by atoms with Crippen molar-refractivity contribution in [2.24, 2.45) is 5.92 Å². The van der Waals surface area contributed by atoms with Crippen LogP contribution in [0.4, 0.5) is 0 Å². The molecule has 0 unspecified atom stereocenters. The van der Waals surface area contributed by atoms with Gasteiger partial charge in [0.2, 0.25) is 0 Å². The van der Waals surface area contributed by atoms with E-state index < -0.39 is 11.7 Å². The summed E-state index contributed by atoms with van der Waals surface area (Å²) in [4.78, 5) is 11.5. The van der Waals surface area contributed by atoms with Gasteiger partial charge in [-0.1, -0.05) is 23.2 Å². The van der Waals surface area contributed by atoms with Gasteiger partial charge < -0.3 is 0 Å². The lowest BCUT2D eigenvalue weighted by Crippen LogP contribution is -2.10. The second-order valence-corrected chi connectivity index (χ2v) is 3.50. The van der Waals surface area contributed by atoms with Crippen LogP contribution in [-0.2, 0) is 0 Å². The lowest BCUT2D eigenvalue weighted by atomic mass is 10.0. The standard InChI is InChI=1S/C10H4Cl2N2O/c11-8-2-1-6(3-9(8)12)10(15)7(4-13)5-14/h1-3,7H. The topological polar surface area (TPSA) is 64.7 Å². The molecule has 0 aliphatic heterocycles. The monoisotopic (exact) mass is 238 g/mol. The Morgan fingerprint density at radius 3 is 2.27 bits per heavy atom. The minimum atomic E-state index is -1.30. The van der Waals surface area contributed by atoms with E-state index in [4.69, 9.17) is 33.7 Å². The molecule has 15 heavy (non-hydrogen) atoms. The molecule has 0 aliphatic carbocycles. The second-order valence-electron chi connectivity index (χ2n) is 2.68. The van der Waals surface area contributed by atoms with Crippen molar-refractivity contribution in [1.29, 1.82) is 10.5 Å². The number of hydrogen-bond acceptors (Lipinski definition) is 3. The molecule has 3 nitrogen and oxygen atoms in total. The third-order valence-electron chi connectivity index (χ3n) is 1.72. The molecule has 0 aromatic heterocycles. The average molecular weight is 239 g/mol. The highest BCUT2D eigenvalue weighted by Gasteiger charge is 2.19. The highest BCUT2D eigenvalue weighted by atomic mass is 35.5. The van der Waals surface area contributed by atoms with Gasteiger partial charge >= 0.3 is 0 Å². The molecule has 0 fully saturated rings. The van der Waals surface area contributed by atoms with Gasteiger partial charge in [-0.15, -0.1) is 0 Å². The van der Waals surface area contributed by atoms with Crippen LogP contribution >= 0.6 is 23.2 Å². The van der Waals surface area contributed by atoms with Gasteiger partial charge in [-0.05, 0) is 18.2 Å². The summed E-state index contributed by atoms with van der Waals surface area (Å²) in [5.74, 6) is -1.87. The number of halogens is 2. The number of nitrogens with zero attached hydrogens (tertiary/aromatic N) is 2. The summed E-state index contributed by atoms with van der Waals surface area (Å²) in [6.45, 7) is 0. The minimum Gasteiger partial charge on any atom is -0.291 e.